The molecule has 0 spiro atoms. The second kappa shape index (κ2) is 11.2. The number of rotatable bonds is 6. The van der Waals surface area contributed by atoms with Gasteiger partial charge in [-0.05, 0) is 42.7 Å². The van der Waals surface area contributed by atoms with Crippen molar-refractivity contribution in [2.75, 3.05) is 51.3 Å². The Hall–Kier alpha value is -2.97. The van der Waals surface area contributed by atoms with E-state index in [1.54, 1.807) is 17.0 Å². The van der Waals surface area contributed by atoms with Crippen molar-refractivity contribution in [3.05, 3.63) is 66.0 Å². The predicted molar refractivity (Wildman–Crippen MR) is 124 cm³/mol. The van der Waals surface area contributed by atoms with Gasteiger partial charge in [0.1, 0.15) is 5.82 Å². The number of ether oxygens (including phenoxy) is 1. The highest BCUT2D eigenvalue weighted by Gasteiger charge is 2.29. The van der Waals surface area contributed by atoms with E-state index in [0.717, 1.165) is 24.3 Å². The Morgan fingerprint density at radius 1 is 0.970 bits per heavy atom. The zero-order chi connectivity index (χ0) is 23.0. The van der Waals surface area contributed by atoms with Crippen LogP contribution in [0.2, 0.25) is 0 Å². The Morgan fingerprint density at radius 2 is 1.64 bits per heavy atom. The Bertz CT molecular complexity index is 911. The molecule has 7 nitrogen and oxygen atoms in total. The average molecular weight is 455 g/mol. The summed E-state index contributed by atoms with van der Waals surface area (Å²) in [4.78, 5) is 29.4. The summed E-state index contributed by atoms with van der Waals surface area (Å²) in [5.41, 5.74) is 1.74. The van der Waals surface area contributed by atoms with Crippen LogP contribution >= 0.6 is 0 Å². The van der Waals surface area contributed by atoms with Crippen LogP contribution in [0, 0.1) is 11.7 Å². The van der Waals surface area contributed by atoms with Crippen molar-refractivity contribution in [2.24, 2.45) is 5.92 Å². The third kappa shape index (κ3) is 6.30. The highest BCUT2D eigenvalue weighted by atomic mass is 19.1. The molecule has 0 aromatic heterocycles. The fourth-order valence-corrected chi connectivity index (χ4v) is 4.44. The number of piperidine rings is 1. The molecule has 33 heavy (non-hydrogen) atoms. The van der Waals surface area contributed by atoms with Crippen molar-refractivity contribution < 1.29 is 18.7 Å². The molecule has 2 N–H and O–H groups in total. The number of benzene rings is 2. The Kier molecular flexibility index (Phi) is 7.91. The number of nitrogens with one attached hydrogen (secondary N) is 2. The fourth-order valence-electron chi connectivity index (χ4n) is 4.44. The number of carbonyl (C=O) groups excluding carboxylic acids is 2. The number of carbonyl (C=O) groups is 2. The first kappa shape index (κ1) is 23.2. The van der Waals surface area contributed by atoms with Gasteiger partial charge in [-0.2, -0.15) is 0 Å². The molecular weight excluding hydrogens is 423 g/mol. The van der Waals surface area contributed by atoms with Crippen molar-refractivity contribution in [3.8, 4) is 0 Å². The molecule has 2 aromatic rings. The molecule has 3 amide bonds. The minimum Gasteiger partial charge on any atom is -0.379 e. The molecule has 2 fully saturated rings. The van der Waals surface area contributed by atoms with Gasteiger partial charge in [-0.3, -0.25) is 9.69 Å². The molecular formula is C25H31FN4O3. The minimum absolute atomic E-state index is 0.0125. The van der Waals surface area contributed by atoms with E-state index in [0.29, 0.717) is 45.7 Å². The summed E-state index contributed by atoms with van der Waals surface area (Å²) in [6, 6.07) is 15.7. The molecule has 8 heteroatoms. The molecule has 176 valence electrons. The van der Waals surface area contributed by atoms with Gasteiger partial charge < -0.3 is 20.3 Å². The molecule has 0 saturated carbocycles. The molecule has 0 aliphatic carbocycles. The number of urea groups is 1. The van der Waals surface area contributed by atoms with Crippen LogP contribution in [-0.4, -0.2) is 67.7 Å². The monoisotopic (exact) mass is 454 g/mol. The van der Waals surface area contributed by atoms with Crippen LogP contribution in [-0.2, 0) is 9.53 Å². The summed E-state index contributed by atoms with van der Waals surface area (Å²) in [5, 5.41) is 6.01. The van der Waals surface area contributed by atoms with Gasteiger partial charge in [0.05, 0.1) is 19.3 Å². The number of hydrogen-bond acceptors (Lipinski definition) is 4. The Morgan fingerprint density at radius 3 is 2.30 bits per heavy atom. The van der Waals surface area contributed by atoms with Gasteiger partial charge in [0, 0.05) is 44.3 Å². The van der Waals surface area contributed by atoms with Crippen molar-refractivity contribution >= 4 is 17.6 Å². The number of morpholine rings is 1. The minimum atomic E-state index is -0.272. The summed E-state index contributed by atoms with van der Waals surface area (Å²) in [6.07, 6.45) is 1.26. The molecule has 1 atom stereocenters. The normalized spacial score (nSPS) is 18.5. The lowest BCUT2D eigenvalue weighted by molar-refractivity contribution is -0.126. The number of anilines is 1. The van der Waals surface area contributed by atoms with E-state index in [1.807, 2.05) is 30.3 Å². The van der Waals surface area contributed by atoms with Crippen LogP contribution in [0.15, 0.2) is 54.6 Å². The smallest absolute Gasteiger partial charge is 0.321 e. The van der Waals surface area contributed by atoms with E-state index in [9.17, 15) is 14.0 Å². The summed E-state index contributed by atoms with van der Waals surface area (Å²) in [6.45, 7) is 4.38. The van der Waals surface area contributed by atoms with Crippen LogP contribution < -0.4 is 10.6 Å². The first-order chi connectivity index (χ1) is 16.1. The number of halogens is 1. The van der Waals surface area contributed by atoms with E-state index < -0.39 is 0 Å². The molecule has 2 saturated heterocycles. The zero-order valence-corrected chi connectivity index (χ0v) is 18.7. The van der Waals surface area contributed by atoms with Crippen molar-refractivity contribution in [1.82, 2.24) is 15.1 Å². The molecule has 2 heterocycles. The van der Waals surface area contributed by atoms with Crippen LogP contribution in [0.4, 0.5) is 14.9 Å². The number of amides is 3. The second-order valence-corrected chi connectivity index (χ2v) is 8.52. The molecule has 0 radical (unpaired) electrons. The van der Waals surface area contributed by atoms with E-state index in [1.165, 1.54) is 12.1 Å². The molecule has 0 bridgehead atoms. The lowest BCUT2D eigenvalue weighted by Crippen LogP contribution is -2.47. The van der Waals surface area contributed by atoms with E-state index in [2.05, 4.69) is 15.5 Å². The molecule has 2 aliphatic rings. The lowest BCUT2D eigenvalue weighted by atomic mass is 9.95. The van der Waals surface area contributed by atoms with Gasteiger partial charge in [-0.15, -0.1) is 0 Å². The van der Waals surface area contributed by atoms with E-state index >= 15 is 0 Å². The van der Waals surface area contributed by atoms with Crippen molar-refractivity contribution in [3.63, 3.8) is 0 Å². The first-order valence-electron chi connectivity index (χ1n) is 11.6. The highest BCUT2D eigenvalue weighted by molar-refractivity contribution is 5.89. The zero-order valence-electron chi connectivity index (χ0n) is 18.7. The summed E-state index contributed by atoms with van der Waals surface area (Å²) >= 11 is 0. The maximum atomic E-state index is 13.4. The van der Waals surface area contributed by atoms with Crippen molar-refractivity contribution in [1.29, 1.82) is 0 Å². The SMILES string of the molecule is O=C(NC[C@H](c1ccc(F)cc1)N1CCOCC1)C1CCN(C(=O)Nc2ccccc2)CC1. The standard InChI is InChI=1S/C25H31FN4O3/c26-21-8-6-19(7-9-21)23(29-14-16-33-17-15-29)18-27-24(31)20-10-12-30(13-11-20)25(32)28-22-4-2-1-3-5-22/h1-9,20,23H,10-18H2,(H,27,31)(H,28,32)/t23-/m1/s1. The highest BCUT2D eigenvalue weighted by Crippen LogP contribution is 2.23. The maximum Gasteiger partial charge on any atom is 0.321 e. The first-order valence-corrected chi connectivity index (χ1v) is 11.6. The summed E-state index contributed by atoms with van der Waals surface area (Å²) in [7, 11) is 0. The molecule has 4 rings (SSSR count). The van der Waals surface area contributed by atoms with Gasteiger partial charge in [0.2, 0.25) is 5.91 Å². The molecule has 0 unspecified atom stereocenters. The van der Waals surface area contributed by atoms with Crippen LogP contribution in [0.25, 0.3) is 0 Å². The van der Waals surface area contributed by atoms with Crippen LogP contribution in [0.5, 0.6) is 0 Å². The predicted octanol–water partition coefficient (Wildman–Crippen LogP) is 3.26. The maximum absolute atomic E-state index is 13.4. The van der Waals surface area contributed by atoms with Gasteiger partial charge in [-0.25, -0.2) is 9.18 Å². The van der Waals surface area contributed by atoms with Crippen LogP contribution in [0.1, 0.15) is 24.4 Å². The average Bonchev–Trinajstić information content (AvgIpc) is 2.86. The van der Waals surface area contributed by atoms with Gasteiger partial charge in [-0.1, -0.05) is 30.3 Å². The number of hydrogen-bond donors (Lipinski definition) is 2. The van der Waals surface area contributed by atoms with E-state index in [-0.39, 0.29) is 29.7 Å². The Labute approximate surface area is 193 Å². The third-order valence-corrected chi connectivity index (χ3v) is 6.39. The van der Waals surface area contributed by atoms with Gasteiger partial charge in [0.25, 0.3) is 0 Å². The van der Waals surface area contributed by atoms with Gasteiger partial charge in [0.15, 0.2) is 0 Å². The topological polar surface area (TPSA) is 73.9 Å². The fraction of sp³-hybridized carbons (Fsp3) is 0.440. The van der Waals surface area contributed by atoms with Crippen molar-refractivity contribution in [2.45, 2.75) is 18.9 Å². The van der Waals surface area contributed by atoms with Gasteiger partial charge >= 0.3 is 6.03 Å². The quantitative estimate of drug-likeness (QED) is 0.703. The summed E-state index contributed by atoms with van der Waals surface area (Å²) < 4.78 is 18.9. The lowest BCUT2D eigenvalue weighted by Gasteiger charge is -2.36. The second-order valence-electron chi connectivity index (χ2n) is 8.52. The number of nitrogens with zero attached hydrogens (tertiary/aromatic N) is 2. The Balaban J connectivity index is 1.29. The molecule has 2 aromatic carbocycles. The number of para-hydroxylation sites is 1. The number of likely N-dealkylation sites (tertiary alicyclic amines) is 1. The third-order valence-electron chi connectivity index (χ3n) is 6.39. The van der Waals surface area contributed by atoms with E-state index in [4.69, 9.17) is 4.74 Å². The largest absolute Gasteiger partial charge is 0.379 e. The van der Waals surface area contributed by atoms with Crippen LogP contribution in [0.3, 0.4) is 0 Å². The molecule has 2 aliphatic heterocycles. The summed E-state index contributed by atoms with van der Waals surface area (Å²) in [5.74, 6) is -0.380.